The first-order valence-corrected chi connectivity index (χ1v) is 16.6. The molecule has 0 unspecified atom stereocenters. The van der Waals surface area contributed by atoms with Gasteiger partial charge in [-0.25, -0.2) is 21.8 Å². The number of aromatic nitrogens is 2. The number of aryl methyl sites for hydroxylation is 3. The first-order chi connectivity index (χ1) is 18.7. The highest BCUT2D eigenvalue weighted by Gasteiger charge is 2.21. The molecule has 1 aromatic heterocycles. The molecule has 0 spiro atoms. The average Bonchev–Trinajstić information content (AvgIpc) is 3.28. The lowest BCUT2D eigenvalue weighted by molar-refractivity contribution is 0.472. The first-order valence-electron chi connectivity index (χ1n) is 12.6. The minimum absolute atomic E-state index is 0.0708. The third-order valence-corrected chi connectivity index (χ3v) is 7.87. The Morgan fingerprint density at radius 3 is 2.25 bits per heavy atom. The number of benzene rings is 3. The standard InChI is InChI=1S/C29H34N4O5S2/c1-19-15-23(33(2)3)12-13-24(19)27-25(14-11-20-9-7-6-8-10-20)30-29(31-27)21-16-22(18-39(4,35)36)28(34)26(17-21)32-40(5,37)38/h6-10,12-13,15-17,32,34H,11,14,18H2,1-5H3,(H,30,31). The Balaban J connectivity index is 1.87. The number of phenols is 1. The van der Waals surface area contributed by atoms with Crippen LogP contribution in [0.25, 0.3) is 22.6 Å². The number of nitrogens with zero attached hydrogens (tertiary/aromatic N) is 2. The van der Waals surface area contributed by atoms with Crippen LogP contribution in [0.2, 0.25) is 0 Å². The van der Waals surface area contributed by atoms with E-state index in [1.165, 1.54) is 17.7 Å². The fourth-order valence-electron chi connectivity index (χ4n) is 4.56. The van der Waals surface area contributed by atoms with Crippen LogP contribution in [0.1, 0.15) is 22.4 Å². The molecule has 0 radical (unpaired) electrons. The van der Waals surface area contributed by atoms with Crippen LogP contribution in [0.15, 0.2) is 60.7 Å². The second kappa shape index (κ2) is 11.3. The van der Waals surface area contributed by atoms with Crippen LogP contribution in [0, 0.1) is 6.92 Å². The van der Waals surface area contributed by atoms with Gasteiger partial charge in [0.25, 0.3) is 0 Å². The van der Waals surface area contributed by atoms with Crippen molar-refractivity contribution in [2.24, 2.45) is 0 Å². The fraction of sp³-hybridized carbons (Fsp3) is 0.276. The molecular formula is C29H34N4O5S2. The number of anilines is 2. The summed E-state index contributed by atoms with van der Waals surface area (Å²) in [4.78, 5) is 10.4. The van der Waals surface area contributed by atoms with Crippen LogP contribution >= 0.6 is 0 Å². The van der Waals surface area contributed by atoms with Crippen molar-refractivity contribution in [3.05, 3.63) is 83.0 Å². The molecule has 0 aliphatic rings. The number of nitrogens with one attached hydrogen (secondary N) is 2. The summed E-state index contributed by atoms with van der Waals surface area (Å²) in [6, 6.07) is 19.2. The van der Waals surface area contributed by atoms with Gasteiger partial charge in [-0.15, -0.1) is 0 Å². The lowest BCUT2D eigenvalue weighted by Gasteiger charge is -2.15. The quantitative estimate of drug-likeness (QED) is 0.234. The van der Waals surface area contributed by atoms with Crippen LogP contribution in [0.4, 0.5) is 11.4 Å². The van der Waals surface area contributed by atoms with E-state index in [0.29, 0.717) is 17.8 Å². The minimum atomic E-state index is -3.76. The largest absolute Gasteiger partial charge is 0.505 e. The lowest BCUT2D eigenvalue weighted by Crippen LogP contribution is -2.11. The number of hydrogen-bond acceptors (Lipinski definition) is 7. The summed E-state index contributed by atoms with van der Waals surface area (Å²) in [6.07, 6.45) is 3.43. The molecule has 0 bridgehead atoms. The van der Waals surface area contributed by atoms with E-state index in [4.69, 9.17) is 4.98 Å². The van der Waals surface area contributed by atoms with E-state index in [2.05, 4.69) is 27.9 Å². The topological polar surface area (TPSA) is 132 Å². The molecule has 3 N–H and O–H groups in total. The second-order valence-electron chi connectivity index (χ2n) is 10.3. The number of imidazole rings is 1. The van der Waals surface area contributed by atoms with Gasteiger partial charge in [0.2, 0.25) is 10.0 Å². The number of H-pyrrole nitrogens is 1. The lowest BCUT2D eigenvalue weighted by atomic mass is 10.0. The van der Waals surface area contributed by atoms with Gasteiger partial charge in [0, 0.05) is 48.4 Å². The van der Waals surface area contributed by atoms with E-state index >= 15 is 0 Å². The predicted octanol–water partition coefficient (Wildman–Crippen LogP) is 4.53. The van der Waals surface area contributed by atoms with Crippen molar-refractivity contribution in [1.29, 1.82) is 0 Å². The van der Waals surface area contributed by atoms with E-state index in [0.717, 1.165) is 47.1 Å². The van der Waals surface area contributed by atoms with E-state index in [1.54, 1.807) is 0 Å². The molecule has 212 valence electrons. The van der Waals surface area contributed by atoms with Crippen molar-refractivity contribution >= 4 is 31.2 Å². The van der Waals surface area contributed by atoms with Gasteiger partial charge in [-0.1, -0.05) is 36.4 Å². The van der Waals surface area contributed by atoms with Gasteiger partial charge < -0.3 is 15.0 Å². The number of aromatic hydroxyl groups is 1. The molecule has 0 amide bonds. The fourth-order valence-corrected chi connectivity index (χ4v) is 5.90. The summed E-state index contributed by atoms with van der Waals surface area (Å²) in [6.45, 7) is 2.02. The van der Waals surface area contributed by atoms with E-state index in [-0.39, 0.29) is 11.3 Å². The number of sulfone groups is 1. The summed E-state index contributed by atoms with van der Waals surface area (Å²) < 4.78 is 50.5. The van der Waals surface area contributed by atoms with E-state index in [1.807, 2.05) is 56.3 Å². The molecular weight excluding hydrogens is 548 g/mol. The molecule has 11 heteroatoms. The minimum Gasteiger partial charge on any atom is -0.505 e. The second-order valence-corrected chi connectivity index (χ2v) is 14.2. The van der Waals surface area contributed by atoms with Crippen LogP contribution in [-0.4, -0.2) is 58.5 Å². The monoisotopic (exact) mass is 582 g/mol. The van der Waals surface area contributed by atoms with Crippen molar-refractivity contribution < 1.29 is 21.9 Å². The van der Waals surface area contributed by atoms with Crippen LogP contribution in [0.3, 0.4) is 0 Å². The number of phenolic OH excluding ortho intramolecular Hbond substituents is 1. The van der Waals surface area contributed by atoms with Crippen molar-refractivity contribution in [3.63, 3.8) is 0 Å². The normalized spacial score (nSPS) is 11.9. The first kappa shape index (κ1) is 29.2. The molecule has 3 aromatic carbocycles. The Morgan fingerprint density at radius 1 is 0.950 bits per heavy atom. The van der Waals surface area contributed by atoms with Crippen molar-refractivity contribution in [3.8, 4) is 28.4 Å². The van der Waals surface area contributed by atoms with Crippen LogP contribution < -0.4 is 9.62 Å². The highest BCUT2D eigenvalue weighted by molar-refractivity contribution is 7.92. The average molecular weight is 583 g/mol. The Morgan fingerprint density at radius 2 is 1.65 bits per heavy atom. The van der Waals surface area contributed by atoms with Gasteiger partial charge in [0.1, 0.15) is 11.6 Å². The van der Waals surface area contributed by atoms with Gasteiger partial charge in [-0.3, -0.25) is 4.72 Å². The molecule has 40 heavy (non-hydrogen) atoms. The zero-order chi connectivity index (χ0) is 29.2. The molecule has 0 saturated heterocycles. The molecule has 9 nitrogen and oxygen atoms in total. The van der Waals surface area contributed by atoms with Crippen molar-refractivity contribution in [2.75, 3.05) is 36.2 Å². The maximum Gasteiger partial charge on any atom is 0.229 e. The van der Waals surface area contributed by atoms with Crippen molar-refractivity contribution in [1.82, 2.24) is 9.97 Å². The number of aromatic amines is 1. The SMILES string of the molecule is Cc1cc(N(C)C)ccc1-c1nc(-c2cc(CS(C)(=O)=O)c(O)c(NS(C)(=O)=O)c2)[nH]c1CCc1ccccc1. The smallest absolute Gasteiger partial charge is 0.229 e. The van der Waals surface area contributed by atoms with Crippen LogP contribution in [0.5, 0.6) is 5.75 Å². The van der Waals surface area contributed by atoms with Gasteiger partial charge in [-0.05, 0) is 55.2 Å². The highest BCUT2D eigenvalue weighted by atomic mass is 32.2. The Kier molecular flexibility index (Phi) is 8.27. The molecule has 0 atom stereocenters. The van der Waals surface area contributed by atoms with Gasteiger partial charge in [0.05, 0.1) is 23.4 Å². The molecule has 4 aromatic rings. The number of sulfonamides is 1. The van der Waals surface area contributed by atoms with E-state index in [9.17, 15) is 21.9 Å². The van der Waals surface area contributed by atoms with Gasteiger partial charge in [-0.2, -0.15) is 0 Å². The number of hydrogen-bond donors (Lipinski definition) is 3. The van der Waals surface area contributed by atoms with E-state index < -0.39 is 31.4 Å². The Bertz CT molecular complexity index is 1690. The maximum atomic E-state index is 12.1. The van der Waals surface area contributed by atoms with Crippen molar-refractivity contribution in [2.45, 2.75) is 25.5 Å². The van der Waals surface area contributed by atoms with Gasteiger partial charge in [0.15, 0.2) is 9.84 Å². The van der Waals surface area contributed by atoms with Crippen LogP contribution in [-0.2, 0) is 38.5 Å². The highest BCUT2D eigenvalue weighted by Crippen LogP contribution is 2.37. The summed E-state index contributed by atoms with van der Waals surface area (Å²) in [5.74, 6) is -0.476. The molecule has 0 aliphatic heterocycles. The Hall–Kier alpha value is -3.83. The predicted molar refractivity (Wildman–Crippen MR) is 161 cm³/mol. The molecule has 0 saturated carbocycles. The third-order valence-electron chi connectivity index (χ3n) is 6.44. The molecule has 0 fully saturated rings. The zero-order valence-electron chi connectivity index (χ0n) is 23.2. The summed E-state index contributed by atoms with van der Waals surface area (Å²) in [5, 5.41) is 10.7. The summed E-state index contributed by atoms with van der Waals surface area (Å²) >= 11 is 0. The summed E-state index contributed by atoms with van der Waals surface area (Å²) in [7, 11) is -3.33. The molecule has 1 heterocycles. The number of rotatable bonds is 10. The molecule has 0 aliphatic carbocycles. The Labute approximate surface area is 235 Å². The maximum absolute atomic E-state index is 12.1. The summed E-state index contributed by atoms with van der Waals surface area (Å²) in [5.41, 5.74) is 6.24. The van der Waals surface area contributed by atoms with Gasteiger partial charge >= 0.3 is 0 Å². The zero-order valence-corrected chi connectivity index (χ0v) is 24.8. The third kappa shape index (κ3) is 7.22. The molecule has 4 rings (SSSR count).